The maximum atomic E-state index is 11.9. The van der Waals surface area contributed by atoms with Crippen molar-refractivity contribution in [1.82, 2.24) is 5.32 Å². The quantitative estimate of drug-likeness (QED) is 0.720. The lowest BCUT2D eigenvalue weighted by Gasteiger charge is -2.18. The first-order valence-electron chi connectivity index (χ1n) is 6.46. The molecule has 0 unspecified atom stereocenters. The molecule has 1 aromatic carbocycles. The summed E-state index contributed by atoms with van der Waals surface area (Å²) < 4.78 is 0. The zero-order valence-electron chi connectivity index (χ0n) is 11.5. The van der Waals surface area contributed by atoms with E-state index in [4.69, 9.17) is 5.11 Å². The van der Waals surface area contributed by atoms with Crippen molar-refractivity contribution in [3.63, 3.8) is 0 Å². The van der Waals surface area contributed by atoms with Gasteiger partial charge in [-0.2, -0.15) is 11.8 Å². The second-order valence-electron chi connectivity index (χ2n) is 4.27. The number of amides is 2. The highest BCUT2D eigenvalue weighted by Crippen LogP contribution is 2.15. The van der Waals surface area contributed by atoms with Crippen molar-refractivity contribution in [3.8, 4) is 0 Å². The normalized spacial score (nSPS) is 11.9. The van der Waals surface area contributed by atoms with Gasteiger partial charge in [0.15, 0.2) is 0 Å². The number of rotatable bonds is 7. The van der Waals surface area contributed by atoms with Gasteiger partial charge in [-0.3, -0.25) is 0 Å². The predicted molar refractivity (Wildman–Crippen MR) is 81.8 cm³/mol. The van der Waals surface area contributed by atoms with Crippen LogP contribution in [0.5, 0.6) is 0 Å². The number of aryl methyl sites for hydroxylation is 1. The molecule has 4 nitrogen and oxygen atoms in total. The van der Waals surface area contributed by atoms with E-state index in [9.17, 15) is 4.79 Å². The lowest BCUT2D eigenvalue weighted by Crippen LogP contribution is -2.40. The summed E-state index contributed by atoms with van der Waals surface area (Å²) in [6, 6.07) is 7.55. The number of nitrogens with one attached hydrogen (secondary N) is 2. The van der Waals surface area contributed by atoms with Gasteiger partial charge in [-0.25, -0.2) is 4.79 Å². The summed E-state index contributed by atoms with van der Waals surface area (Å²) in [6.07, 6.45) is 3.43. The van der Waals surface area contributed by atoms with Crippen LogP contribution in [-0.2, 0) is 6.42 Å². The van der Waals surface area contributed by atoms with Crippen molar-refractivity contribution in [2.75, 3.05) is 23.9 Å². The Bertz CT molecular complexity index is 393. The maximum absolute atomic E-state index is 11.9. The molecule has 1 aromatic rings. The second-order valence-corrected chi connectivity index (χ2v) is 5.18. The first kappa shape index (κ1) is 15.9. The van der Waals surface area contributed by atoms with E-state index in [0.29, 0.717) is 6.42 Å². The molecule has 106 valence electrons. The molecule has 19 heavy (non-hydrogen) atoms. The molecule has 0 radical (unpaired) electrons. The van der Waals surface area contributed by atoms with Crippen molar-refractivity contribution in [3.05, 3.63) is 29.8 Å². The highest BCUT2D eigenvalue weighted by Gasteiger charge is 2.12. The van der Waals surface area contributed by atoms with Crippen LogP contribution in [0.2, 0.25) is 0 Å². The van der Waals surface area contributed by atoms with E-state index in [-0.39, 0.29) is 18.7 Å². The minimum absolute atomic E-state index is 0.00575. The molecule has 2 amide bonds. The Morgan fingerprint density at radius 1 is 1.42 bits per heavy atom. The molecule has 0 bridgehead atoms. The van der Waals surface area contributed by atoms with Gasteiger partial charge in [0.05, 0.1) is 0 Å². The fourth-order valence-electron chi connectivity index (χ4n) is 1.85. The van der Waals surface area contributed by atoms with Crippen molar-refractivity contribution < 1.29 is 9.90 Å². The highest BCUT2D eigenvalue weighted by atomic mass is 32.2. The molecular weight excluding hydrogens is 260 g/mol. The van der Waals surface area contributed by atoms with Gasteiger partial charge in [0.1, 0.15) is 0 Å². The molecule has 0 aliphatic carbocycles. The SMILES string of the molecule is CCc1ccccc1NC(=O)N[C@H](CCO)CSC. The van der Waals surface area contributed by atoms with Gasteiger partial charge in [-0.05, 0) is 30.7 Å². The van der Waals surface area contributed by atoms with Crippen LogP contribution in [0.15, 0.2) is 24.3 Å². The molecular formula is C14H22N2O2S. The molecule has 0 aliphatic heterocycles. The third-order valence-corrected chi connectivity index (χ3v) is 3.56. The summed E-state index contributed by atoms with van der Waals surface area (Å²) in [5, 5.41) is 14.7. The third-order valence-electron chi connectivity index (χ3n) is 2.83. The van der Waals surface area contributed by atoms with Gasteiger partial charge in [0, 0.05) is 24.1 Å². The predicted octanol–water partition coefficient (Wildman–Crippen LogP) is 2.48. The molecule has 5 heteroatoms. The number of carbonyl (C=O) groups is 1. The fourth-order valence-corrected chi connectivity index (χ4v) is 2.50. The van der Waals surface area contributed by atoms with E-state index in [1.165, 1.54) is 0 Å². The Labute approximate surface area is 119 Å². The number of hydrogen-bond donors (Lipinski definition) is 3. The zero-order valence-corrected chi connectivity index (χ0v) is 12.3. The monoisotopic (exact) mass is 282 g/mol. The van der Waals surface area contributed by atoms with Crippen molar-refractivity contribution >= 4 is 23.5 Å². The first-order chi connectivity index (χ1) is 9.21. The van der Waals surface area contributed by atoms with Crippen LogP contribution in [0.4, 0.5) is 10.5 Å². The Morgan fingerprint density at radius 2 is 2.16 bits per heavy atom. The van der Waals surface area contributed by atoms with E-state index in [2.05, 4.69) is 17.6 Å². The summed E-state index contributed by atoms with van der Waals surface area (Å²) in [5.74, 6) is 0.795. The van der Waals surface area contributed by atoms with Crippen molar-refractivity contribution in [1.29, 1.82) is 0 Å². The molecule has 1 rings (SSSR count). The summed E-state index contributed by atoms with van der Waals surface area (Å²) in [7, 11) is 0. The van der Waals surface area contributed by atoms with E-state index in [1.807, 2.05) is 30.5 Å². The molecule has 0 spiro atoms. The topological polar surface area (TPSA) is 61.4 Å². The Kier molecular flexibility index (Phi) is 7.36. The number of aliphatic hydroxyl groups is 1. The van der Waals surface area contributed by atoms with Crippen LogP contribution in [0.25, 0.3) is 0 Å². The number of benzene rings is 1. The average Bonchev–Trinajstić information content (AvgIpc) is 2.40. The summed E-state index contributed by atoms with van der Waals surface area (Å²) in [6.45, 7) is 2.14. The second kappa shape index (κ2) is 8.82. The van der Waals surface area contributed by atoms with Gasteiger partial charge in [0.25, 0.3) is 0 Å². The number of hydrogen-bond acceptors (Lipinski definition) is 3. The Hall–Kier alpha value is -1.20. The fraction of sp³-hybridized carbons (Fsp3) is 0.500. The number of carbonyl (C=O) groups excluding carboxylic acids is 1. The largest absolute Gasteiger partial charge is 0.396 e. The summed E-state index contributed by atoms with van der Waals surface area (Å²) in [4.78, 5) is 11.9. The zero-order chi connectivity index (χ0) is 14.1. The van der Waals surface area contributed by atoms with Gasteiger partial charge in [0.2, 0.25) is 0 Å². The van der Waals surface area contributed by atoms with E-state index < -0.39 is 0 Å². The molecule has 0 saturated heterocycles. The first-order valence-corrected chi connectivity index (χ1v) is 7.85. The third kappa shape index (κ3) is 5.53. The standard InChI is InChI=1S/C14H22N2O2S/c1-3-11-6-4-5-7-13(11)16-14(18)15-12(8-9-17)10-19-2/h4-7,12,17H,3,8-10H2,1-2H3,(H2,15,16,18)/t12-/m1/s1. The molecule has 0 heterocycles. The van der Waals surface area contributed by atoms with Gasteiger partial charge < -0.3 is 15.7 Å². The summed E-state index contributed by atoms with van der Waals surface area (Å²) in [5.41, 5.74) is 1.95. The number of anilines is 1. The van der Waals surface area contributed by atoms with E-state index in [1.54, 1.807) is 11.8 Å². The molecule has 3 N–H and O–H groups in total. The van der Waals surface area contributed by atoms with Crippen LogP contribution in [0.1, 0.15) is 18.9 Å². The summed E-state index contributed by atoms with van der Waals surface area (Å²) >= 11 is 1.65. The minimum atomic E-state index is -0.214. The Morgan fingerprint density at radius 3 is 2.79 bits per heavy atom. The smallest absolute Gasteiger partial charge is 0.319 e. The lowest BCUT2D eigenvalue weighted by molar-refractivity contribution is 0.241. The van der Waals surface area contributed by atoms with Crippen LogP contribution in [0.3, 0.4) is 0 Å². The van der Waals surface area contributed by atoms with Crippen LogP contribution >= 0.6 is 11.8 Å². The van der Waals surface area contributed by atoms with Gasteiger partial charge in [-0.1, -0.05) is 25.1 Å². The molecule has 1 atom stereocenters. The van der Waals surface area contributed by atoms with Gasteiger partial charge in [-0.15, -0.1) is 0 Å². The van der Waals surface area contributed by atoms with E-state index >= 15 is 0 Å². The van der Waals surface area contributed by atoms with Crippen LogP contribution in [-0.4, -0.2) is 35.8 Å². The molecule has 0 saturated carbocycles. The molecule has 0 aliphatic rings. The maximum Gasteiger partial charge on any atom is 0.319 e. The van der Waals surface area contributed by atoms with Crippen molar-refractivity contribution in [2.45, 2.75) is 25.8 Å². The van der Waals surface area contributed by atoms with Crippen molar-refractivity contribution in [2.24, 2.45) is 0 Å². The van der Waals surface area contributed by atoms with E-state index in [0.717, 1.165) is 23.4 Å². The Balaban J connectivity index is 2.58. The minimum Gasteiger partial charge on any atom is -0.396 e. The van der Waals surface area contributed by atoms with Gasteiger partial charge >= 0.3 is 6.03 Å². The number of thioether (sulfide) groups is 1. The van der Waals surface area contributed by atoms with Crippen LogP contribution < -0.4 is 10.6 Å². The van der Waals surface area contributed by atoms with Crippen LogP contribution in [0, 0.1) is 0 Å². The molecule has 0 aromatic heterocycles. The lowest BCUT2D eigenvalue weighted by atomic mass is 10.1. The molecule has 0 fully saturated rings. The number of aliphatic hydroxyl groups excluding tert-OH is 1. The average molecular weight is 282 g/mol. The highest BCUT2D eigenvalue weighted by molar-refractivity contribution is 7.98. The number of para-hydroxylation sites is 1. The number of urea groups is 1.